The lowest BCUT2D eigenvalue weighted by atomic mass is 10.0. The molecule has 0 spiro atoms. The second-order valence-corrected chi connectivity index (χ2v) is 7.12. The van der Waals surface area contributed by atoms with Gasteiger partial charge in [-0.25, -0.2) is 4.98 Å². The molecular weight excluding hydrogens is 360 g/mol. The van der Waals surface area contributed by atoms with E-state index in [2.05, 4.69) is 45.3 Å². The SMILES string of the molecule is Cc1cc(C)c(NC(=O)c2cc3ncsc3cc2Br)c(C)c1. The Morgan fingerprint density at radius 2 is 1.82 bits per heavy atom. The average Bonchev–Trinajstić information content (AvgIpc) is 2.88. The molecule has 1 heterocycles. The van der Waals surface area contributed by atoms with Gasteiger partial charge in [0, 0.05) is 10.2 Å². The lowest BCUT2D eigenvalue weighted by molar-refractivity contribution is 0.102. The van der Waals surface area contributed by atoms with Crippen LogP contribution in [0.4, 0.5) is 5.69 Å². The summed E-state index contributed by atoms with van der Waals surface area (Å²) in [5, 5.41) is 3.03. The highest BCUT2D eigenvalue weighted by Crippen LogP contribution is 2.28. The van der Waals surface area contributed by atoms with Crippen LogP contribution in [0, 0.1) is 20.8 Å². The smallest absolute Gasteiger partial charge is 0.256 e. The Morgan fingerprint density at radius 3 is 2.50 bits per heavy atom. The van der Waals surface area contributed by atoms with E-state index in [1.165, 1.54) is 5.56 Å². The van der Waals surface area contributed by atoms with Crippen molar-refractivity contribution in [1.29, 1.82) is 0 Å². The van der Waals surface area contributed by atoms with Gasteiger partial charge in [0.05, 0.1) is 21.3 Å². The first-order valence-electron chi connectivity index (χ1n) is 6.87. The van der Waals surface area contributed by atoms with Crippen LogP contribution in [0.1, 0.15) is 27.0 Å². The van der Waals surface area contributed by atoms with E-state index in [0.29, 0.717) is 5.56 Å². The van der Waals surface area contributed by atoms with Crippen molar-refractivity contribution >= 4 is 49.1 Å². The summed E-state index contributed by atoms with van der Waals surface area (Å²) in [5.74, 6) is -0.128. The summed E-state index contributed by atoms with van der Waals surface area (Å²) in [7, 11) is 0. The normalized spacial score (nSPS) is 10.9. The summed E-state index contributed by atoms with van der Waals surface area (Å²) >= 11 is 5.04. The van der Waals surface area contributed by atoms with Gasteiger partial charge < -0.3 is 5.32 Å². The topological polar surface area (TPSA) is 42.0 Å². The maximum atomic E-state index is 12.6. The van der Waals surface area contributed by atoms with Crippen molar-refractivity contribution in [2.24, 2.45) is 0 Å². The third-order valence-electron chi connectivity index (χ3n) is 3.58. The zero-order valence-electron chi connectivity index (χ0n) is 12.5. The van der Waals surface area contributed by atoms with Crippen molar-refractivity contribution in [3.05, 3.63) is 56.5 Å². The Bertz CT molecular complexity index is 862. The number of nitrogens with one attached hydrogen (secondary N) is 1. The third kappa shape index (κ3) is 2.78. The molecule has 0 radical (unpaired) electrons. The number of rotatable bonds is 2. The molecular formula is C17H15BrN2OS. The van der Waals surface area contributed by atoms with E-state index in [0.717, 1.165) is 31.5 Å². The zero-order valence-corrected chi connectivity index (χ0v) is 14.9. The number of carbonyl (C=O) groups is 1. The number of benzene rings is 2. The number of carbonyl (C=O) groups excluding carboxylic acids is 1. The van der Waals surface area contributed by atoms with Crippen molar-refractivity contribution in [3.63, 3.8) is 0 Å². The van der Waals surface area contributed by atoms with Gasteiger partial charge in [-0.05, 0) is 60.0 Å². The van der Waals surface area contributed by atoms with Crippen LogP contribution in [-0.2, 0) is 0 Å². The van der Waals surface area contributed by atoms with Gasteiger partial charge in [0.1, 0.15) is 0 Å². The highest BCUT2D eigenvalue weighted by atomic mass is 79.9. The van der Waals surface area contributed by atoms with Crippen LogP contribution >= 0.6 is 27.3 Å². The van der Waals surface area contributed by atoms with E-state index < -0.39 is 0 Å². The Balaban J connectivity index is 1.98. The molecule has 1 N–H and O–H groups in total. The second-order valence-electron chi connectivity index (χ2n) is 5.38. The molecule has 0 unspecified atom stereocenters. The van der Waals surface area contributed by atoms with Gasteiger partial charge in [-0.15, -0.1) is 11.3 Å². The third-order valence-corrected chi connectivity index (χ3v) is 5.03. The number of fused-ring (bicyclic) bond motifs is 1. The summed E-state index contributed by atoms with van der Waals surface area (Å²) in [6.45, 7) is 6.07. The minimum Gasteiger partial charge on any atom is -0.321 e. The zero-order chi connectivity index (χ0) is 15.9. The molecule has 0 aliphatic heterocycles. The summed E-state index contributed by atoms with van der Waals surface area (Å²) in [6.07, 6.45) is 0. The molecule has 0 atom stereocenters. The lowest BCUT2D eigenvalue weighted by Crippen LogP contribution is -2.14. The first-order valence-corrected chi connectivity index (χ1v) is 8.55. The van der Waals surface area contributed by atoms with Crippen molar-refractivity contribution in [1.82, 2.24) is 4.98 Å². The van der Waals surface area contributed by atoms with Gasteiger partial charge in [-0.2, -0.15) is 0 Å². The Morgan fingerprint density at radius 1 is 1.14 bits per heavy atom. The molecule has 2 aromatic carbocycles. The molecule has 3 nitrogen and oxygen atoms in total. The number of anilines is 1. The standard InChI is InChI=1S/C17H15BrN2OS/c1-9-4-10(2)16(11(3)5-9)20-17(21)12-6-14-15(7-13(12)18)22-8-19-14/h4-8H,1-3H3,(H,20,21). The van der Waals surface area contributed by atoms with Crippen LogP contribution in [0.25, 0.3) is 10.2 Å². The van der Waals surface area contributed by atoms with Gasteiger partial charge in [0.15, 0.2) is 0 Å². The number of amides is 1. The fraction of sp³-hybridized carbons (Fsp3) is 0.176. The van der Waals surface area contributed by atoms with Crippen molar-refractivity contribution in [2.75, 3.05) is 5.32 Å². The largest absolute Gasteiger partial charge is 0.321 e. The highest BCUT2D eigenvalue weighted by molar-refractivity contribution is 9.10. The Hall–Kier alpha value is -1.72. The number of aromatic nitrogens is 1. The predicted molar refractivity (Wildman–Crippen MR) is 95.9 cm³/mol. The lowest BCUT2D eigenvalue weighted by Gasteiger charge is -2.13. The van der Waals surface area contributed by atoms with Gasteiger partial charge in [0.25, 0.3) is 5.91 Å². The van der Waals surface area contributed by atoms with Gasteiger partial charge >= 0.3 is 0 Å². The minimum absolute atomic E-state index is 0.128. The molecule has 0 saturated carbocycles. The number of hydrogen-bond donors (Lipinski definition) is 1. The maximum absolute atomic E-state index is 12.6. The molecule has 0 aliphatic rings. The Kier molecular flexibility index (Phi) is 4.02. The van der Waals surface area contributed by atoms with E-state index >= 15 is 0 Å². The van der Waals surface area contributed by atoms with Gasteiger partial charge in [0.2, 0.25) is 0 Å². The van der Waals surface area contributed by atoms with Crippen LogP contribution in [0.3, 0.4) is 0 Å². The fourth-order valence-electron chi connectivity index (χ4n) is 2.61. The van der Waals surface area contributed by atoms with Crippen LogP contribution in [0.2, 0.25) is 0 Å². The molecule has 3 rings (SSSR count). The van der Waals surface area contributed by atoms with E-state index in [-0.39, 0.29) is 5.91 Å². The number of halogens is 1. The number of thiazole rings is 1. The monoisotopic (exact) mass is 374 g/mol. The van der Waals surface area contributed by atoms with E-state index in [4.69, 9.17) is 0 Å². The average molecular weight is 375 g/mol. The fourth-order valence-corrected chi connectivity index (χ4v) is 3.98. The van der Waals surface area contributed by atoms with Crippen molar-refractivity contribution in [3.8, 4) is 0 Å². The maximum Gasteiger partial charge on any atom is 0.256 e. The highest BCUT2D eigenvalue weighted by Gasteiger charge is 2.15. The first-order chi connectivity index (χ1) is 10.5. The van der Waals surface area contributed by atoms with E-state index in [1.807, 2.05) is 26.0 Å². The van der Waals surface area contributed by atoms with Crippen LogP contribution in [-0.4, -0.2) is 10.9 Å². The van der Waals surface area contributed by atoms with Crippen LogP contribution in [0.5, 0.6) is 0 Å². The number of hydrogen-bond acceptors (Lipinski definition) is 3. The number of nitrogens with zero attached hydrogens (tertiary/aromatic N) is 1. The number of aryl methyl sites for hydroxylation is 3. The molecule has 1 amide bonds. The van der Waals surface area contributed by atoms with E-state index in [9.17, 15) is 4.79 Å². The Labute approximate surface area is 141 Å². The molecule has 3 aromatic rings. The summed E-state index contributed by atoms with van der Waals surface area (Å²) in [4.78, 5) is 16.9. The molecule has 112 valence electrons. The molecule has 0 fully saturated rings. The molecule has 0 bridgehead atoms. The summed E-state index contributed by atoms with van der Waals surface area (Å²) in [5.41, 5.74) is 7.42. The molecule has 0 saturated heterocycles. The predicted octanol–water partition coefficient (Wildman–Crippen LogP) is 5.24. The molecule has 5 heteroatoms. The van der Waals surface area contributed by atoms with Crippen LogP contribution < -0.4 is 5.32 Å². The minimum atomic E-state index is -0.128. The second kappa shape index (κ2) is 5.82. The summed E-state index contributed by atoms with van der Waals surface area (Å²) < 4.78 is 1.84. The van der Waals surface area contributed by atoms with Crippen LogP contribution in [0.15, 0.2) is 34.2 Å². The van der Waals surface area contributed by atoms with Gasteiger partial charge in [-0.1, -0.05) is 17.7 Å². The molecule has 1 aromatic heterocycles. The van der Waals surface area contributed by atoms with Crippen molar-refractivity contribution in [2.45, 2.75) is 20.8 Å². The molecule has 22 heavy (non-hydrogen) atoms. The van der Waals surface area contributed by atoms with E-state index in [1.54, 1.807) is 16.8 Å². The van der Waals surface area contributed by atoms with Gasteiger partial charge in [-0.3, -0.25) is 4.79 Å². The quantitative estimate of drug-likeness (QED) is 0.666. The summed E-state index contributed by atoms with van der Waals surface area (Å²) in [6, 6.07) is 7.91. The first kappa shape index (κ1) is 15.2. The van der Waals surface area contributed by atoms with Crippen molar-refractivity contribution < 1.29 is 4.79 Å². The molecule has 0 aliphatic carbocycles.